The summed E-state index contributed by atoms with van der Waals surface area (Å²) in [6.45, 7) is 0. The van der Waals surface area contributed by atoms with Gasteiger partial charge in [0, 0.05) is 10.9 Å². The standard InChI is InChI=1S/C16H10F3NO2/c17-16(18,19)10-7-5-9(6-8-10)14(21)13-11-3-1-2-4-12(11)22-15(13)20/h1-8H,20H2. The highest BCUT2D eigenvalue weighted by Crippen LogP contribution is 2.32. The van der Waals surface area contributed by atoms with E-state index in [0.717, 1.165) is 24.3 Å². The first-order valence-corrected chi connectivity index (χ1v) is 6.37. The minimum absolute atomic E-state index is 0.0499. The lowest BCUT2D eigenvalue weighted by molar-refractivity contribution is -0.137. The molecule has 0 atom stereocenters. The Balaban J connectivity index is 2.05. The third kappa shape index (κ3) is 2.32. The van der Waals surface area contributed by atoms with Crippen molar-refractivity contribution in [2.45, 2.75) is 6.18 Å². The van der Waals surface area contributed by atoms with E-state index in [1.54, 1.807) is 24.3 Å². The quantitative estimate of drug-likeness (QED) is 0.719. The number of fused-ring (bicyclic) bond motifs is 1. The van der Waals surface area contributed by atoms with Gasteiger partial charge in [0.15, 0.2) is 5.78 Å². The van der Waals surface area contributed by atoms with E-state index in [0.29, 0.717) is 11.0 Å². The molecule has 0 fully saturated rings. The molecule has 0 unspecified atom stereocenters. The van der Waals surface area contributed by atoms with Crippen LogP contribution in [-0.4, -0.2) is 5.78 Å². The fraction of sp³-hybridized carbons (Fsp3) is 0.0625. The molecule has 0 aliphatic rings. The molecule has 112 valence electrons. The summed E-state index contributed by atoms with van der Waals surface area (Å²) < 4.78 is 42.9. The Labute approximate surface area is 123 Å². The fourth-order valence-corrected chi connectivity index (χ4v) is 2.25. The van der Waals surface area contributed by atoms with Crippen molar-refractivity contribution in [3.8, 4) is 0 Å². The Morgan fingerprint density at radius 3 is 2.27 bits per heavy atom. The molecule has 0 radical (unpaired) electrons. The smallest absolute Gasteiger partial charge is 0.416 e. The van der Waals surface area contributed by atoms with Crippen LogP contribution in [0.2, 0.25) is 0 Å². The lowest BCUT2D eigenvalue weighted by atomic mass is 10.0. The van der Waals surface area contributed by atoms with Crippen molar-refractivity contribution >= 4 is 22.6 Å². The number of carbonyl (C=O) groups excluding carboxylic acids is 1. The van der Waals surface area contributed by atoms with Gasteiger partial charge in [-0.05, 0) is 18.2 Å². The molecular formula is C16H10F3NO2. The van der Waals surface area contributed by atoms with E-state index >= 15 is 0 Å². The summed E-state index contributed by atoms with van der Waals surface area (Å²) >= 11 is 0. The van der Waals surface area contributed by atoms with Gasteiger partial charge in [-0.1, -0.05) is 30.3 Å². The van der Waals surface area contributed by atoms with Crippen LogP contribution in [0.4, 0.5) is 19.1 Å². The molecule has 0 aliphatic heterocycles. The van der Waals surface area contributed by atoms with E-state index < -0.39 is 17.5 Å². The minimum atomic E-state index is -4.44. The number of benzene rings is 2. The van der Waals surface area contributed by atoms with Gasteiger partial charge in [-0.25, -0.2) is 0 Å². The number of hydrogen-bond donors (Lipinski definition) is 1. The maximum atomic E-state index is 12.5. The molecule has 22 heavy (non-hydrogen) atoms. The fourth-order valence-electron chi connectivity index (χ4n) is 2.25. The van der Waals surface area contributed by atoms with Crippen LogP contribution in [0.1, 0.15) is 21.5 Å². The van der Waals surface area contributed by atoms with Crippen molar-refractivity contribution in [2.24, 2.45) is 0 Å². The molecule has 1 heterocycles. The highest BCUT2D eigenvalue weighted by atomic mass is 19.4. The molecule has 0 spiro atoms. The van der Waals surface area contributed by atoms with Crippen LogP contribution in [0, 0.1) is 0 Å². The highest BCUT2D eigenvalue weighted by molar-refractivity contribution is 6.18. The topological polar surface area (TPSA) is 56.2 Å². The zero-order valence-electron chi connectivity index (χ0n) is 11.1. The number of ketones is 1. The molecular weight excluding hydrogens is 295 g/mol. The molecule has 0 saturated carbocycles. The third-order valence-corrected chi connectivity index (χ3v) is 3.32. The average molecular weight is 305 g/mol. The molecule has 0 bridgehead atoms. The zero-order valence-corrected chi connectivity index (χ0v) is 11.1. The number of nitrogens with two attached hydrogens (primary N) is 1. The molecule has 0 saturated heterocycles. The number of rotatable bonds is 2. The number of nitrogen functional groups attached to an aromatic ring is 1. The summed E-state index contributed by atoms with van der Waals surface area (Å²) in [5.41, 5.74) is 5.65. The number of halogens is 3. The number of carbonyl (C=O) groups is 1. The predicted octanol–water partition coefficient (Wildman–Crippen LogP) is 4.26. The molecule has 2 N–H and O–H groups in total. The first-order valence-electron chi connectivity index (χ1n) is 6.37. The van der Waals surface area contributed by atoms with Crippen molar-refractivity contribution < 1.29 is 22.4 Å². The van der Waals surface area contributed by atoms with Crippen molar-refractivity contribution in [3.05, 3.63) is 65.2 Å². The summed E-state index contributed by atoms with van der Waals surface area (Å²) in [7, 11) is 0. The van der Waals surface area contributed by atoms with E-state index in [1.165, 1.54) is 0 Å². The summed E-state index contributed by atoms with van der Waals surface area (Å²) in [4.78, 5) is 12.5. The van der Waals surface area contributed by atoms with Gasteiger partial charge < -0.3 is 10.2 Å². The summed E-state index contributed by atoms with van der Waals surface area (Å²) in [5, 5.41) is 0.532. The molecule has 0 amide bonds. The van der Waals surface area contributed by atoms with Crippen molar-refractivity contribution in [2.75, 3.05) is 5.73 Å². The Kier molecular flexibility index (Phi) is 3.16. The van der Waals surface area contributed by atoms with Crippen LogP contribution in [0.25, 0.3) is 11.0 Å². The Hall–Kier alpha value is -2.76. The van der Waals surface area contributed by atoms with E-state index in [9.17, 15) is 18.0 Å². The number of furan rings is 1. The second-order valence-electron chi connectivity index (χ2n) is 4.74. The van der Waals surface area contributed by atoms with E-state index in [-0.39, 0.29) is 17.0 Å². The van der Waals surface area contributed by atoms with Crippen LogP contribution in [0.3, 0.4) is 0 Å². The Morgan fingerprint density at radius 2 is 1.64 bits per heavy atom. The summed E-state index contributed by atoms with van der Waals surface area (Å²) in [6.07, 6.45) is -4.44. The van der Waals surface area contributed by atoms with Gasteiger partial charge in [0.25, 0.3) is 0 Å². The molecule has 6 heteroatoms. The van der Waals surface area contributed by atoms with E-state index in [4.69, 9.17) is 10.2 Å². The second-order valence-corrected chi connectivity index (χ2v) is 4.74. The molecule has 3 rings (SSSR count). The lowest BCUT2D eigenvalue weighted by Gasteiger charge is -2.07. The Bertz CT molecular complexity index is 848. The summed E-state index contributed by atoms with van der Waals surface area (Å²) in [6, 6.07) is 10.8. The molecule has 0 aliphatic carbocycles. The van der Waals surface area contributed by atoms with Crippen LogP contribution >= 0.6 is 0 Å². The van der Waals surface area contributed by atoms with E-state index in [1.807, 2.05) is 0 Å². The number of anilines is 1. The first-order chi connectivity index (χ1) is 10.4. The first kappa shape index (κ1) is 14.2. The van der Waals surface area contributed by atoms with Gasteiger partial charge >= 0.3 is 6.18 Å². The maximum Gasteiger partial charge on any atom is 0.416 e. The highest BCUT2D eigenvalue weighted by Gasteiger charge is 2.30. The van der Waals surface area contributed by atoms with Crippen LogP contribution in [-0.2, 0) is 6.18 Å². The van der Waals surface area contributed by atoms with Crippen LogP contribution in [0.15, 0.2) is 52.9 Å². The van der Waals surface area contributed by atoms with Gasteiger partial charge in [-0.2, -0.15) is 13.2 Å². The third-order valence-electron chi connectivity index (χ3n) is 3.32. The van der Waals surface area contributed by atoms with Gasteiger partial charge in [-0.3, -0.25) is 4.79 Å². The normalized spacial score (nSPS) is 11.8. The van der Waals surface area contributed by atoms with Crippen LogP contribution < -0.4 is 5.73 Å². The Morgan fingerprint density at radius 1 is 1.00 bits per heavy atom. The zero-order chi connectivity index (χ0) is 15.9. The minimum Gasteiger partial charge on any atom is -0.440 e. The predicted molar refractivity (Wildman–Crippen MR) is 75.5 cm³/mol. The molecule has 1 aromatic heterocycles. The molecule has 2 aromatic carbocycles. The van der Waals surface area contributed by atoms with Crippen molar-refractivity contribution in [3.63, 3.8) is 0 Å². The van der Waals surface area contributed by atoms with Gasteiger partial charge in [0.1, 0.15) is 5.58 Å². The van der Waals surface area contributed by atoms with Crippen molar-refractivity contribution in [1.29, 1.82) is 0 Å². The van der Waals surface area contributed by atoms with E-state index in [2.05, 4.69) is 0 Å². The van der Waals surface area contributed by atoms with Crippen LogP contribution in [0.5, 0.6) is 0 Å². The number of hydrogen-bond acceptors (Lipinski definition) is 3. The van der Waals surface area contributed by atoms with Gasteiger partial charge in [0.05, 0.1) is 11.1 Å². The van der Waals surface area contributed by atoms with Gasteiger partial charge in [0.2, 0.25) is 5.88 Å². The largest absolute Gasteiger partial charge is 0.440 e. The second kappa shape index (κ2) is 4.91. The van der Waals surface area contributed by atoms with Crippen molar-refractivity contribution in [1.82, 2.24) is 0 Å². The molecule has 3 nitrogen and oxygen atoms in total. The average Bonchev–Trinajstić information content (AvgIpc) is 2.81. The summed E-state index contributed by atoms with van der Waals surface area (Å²) in [5.74, 6) is -0.526. The number of para-hydroxylation sites is 1. The SMILES string of the molecule is Nc1oc2ccccc2c1C(=O)c1ccc(C(F)(F)F)cc1. The van der Waals surface area contributed by atoms with Gasteiger partial charge in [-0.15, -0.1) is 0 Å². The lowest BCUT2D eigenvalue weighted by Crippen LogP contribution is -2.07. The number of alkyl halides is 3. The monoisotopic (exact) mass is 305 g/mol. The molecule has 3 aromatic rings. The maximum absolute atomic E-state index is 12.5.